The molecule has 26 heavy (non-hydrogen) atoms. The normalized spacial score (nSPS) is 16.1. The van der Waals surface area contributed by atoms with Gasteiger partial charge < -0.3 is 4.74 Å². The smallest absolute Gasteiger partial charge is 0.316 e. The molecule has 0 N–H and O–H groups in total. The minimum atomic E-state index is 0.186. The summed E-state index contributed by atoms with van der Waals surface area (Å²) >= 11 is 5.33. The van der Waals surface area contributed by atoms with E-state index < -0.39 is 0 Å². The van der Waals surface area contributed by atoms with Gasteiger partial charge in [0.2, 0.25) is 0 Å². The summed E-state index contributed by atoms with van der Waals surface area (Å²) in [6.45, 7) is 3.08. The second kappa shape index (κ2) is 7.85. The van der Waals surface area contributed by atoms with E-state index in [0.29, 0.717) is 6.01 Å². The SMILES string of the molecule is Cn1cc(-c2cnc(OC3CCN(Cc4ccc(Br)s4)CC3)nc2)cn1. The third-order valence-corrected chi connectivity index (χ3v) is 6.09. The van der Waals surface area contributed by atoms with Crippen molar-refractivity contribution < 1.29 is 4.74 Å². The van der Waals surface area contributed by atoms with Crippen molar-refractivity contribution in [2.45, 2.75) is 25.5 Å². The molecule has 6 nitrogen and oxygen atoms in total. The van der Waals surface area contributed by atoms with Crippen LogP contribution in [0.25, 0.3) is 11.1 Å². The van der Waals surface area contributed by atoms with Crippen LogP contribution in [-0.4, -0.2) is 43.8 Å². The van der Waals surface area contributed by atoms with Crippen molar-refractivity contribution in [2.75, 3.05) is 13.1 Å². The molecule has 8 heteroatoms. The molecule has 3 aromatic rings. The van der Waals surface area contributed by atoms with Gasteiger partial charge in [-0.2, -0.15) is 5.10 Å². The van der Waals surface area contributed by atoms with Crippen LogP contribution in [0.3, 0.4) is 0 Å². The number of hydrogen-bond donors (Lipinski definition) is 0. The van der Waals surface area contributed by atoms with Crippen molar-refractivity contribution in [3.63, 3.8) is 0 Å². The molecular formula is C18H20BrN5OS. The summed E-state index contributed by atoms with van der Waals surface area (Å²) in [5.74, 6) is 0. The first kappa shape index (κ1) is 17.6. The highest BCUT2D eigenvalue weighted by molar-refractivity contribution is 9.11. The Labute approximate surface area is 165 Å². The van der Waals surface area contributed by atoms with Gasteiger partial charge in [-0.25, -0.2) is 9.97 Å². The lowest BCUT2D eigenvalue weighted by Crippen LogP contribution is -2.37. The summed E-state index contributed by atoms with van der Waals surface area (Å²) in [5.41, 5.74) is 1.95. The van der Waals surface area contributed by atoms with Crippen molar-refractivity contribution in [1.82, 2.24) is 24.6 Å². The van der Waals surface area contributed by atoms with E-state index in [0.717, 1.165) is 43.6 Å². The highest BCUT2D eigenvalue weighted by Crippen LogP contribution is 2.25. The molecule has 1 aliphatic heterocycles. The summed E-state index contributed by atoms with van der Waals surface area (Å²) in [5, 5.41) is 4.17. The minimum absolute atomic E-state index is 0.186. The van der Waals surface area contributed by atoms with Gasteiger partial charge in [0.05, 0.1) is 9.98 Å². The molecule has 136 valence electrons. The molecule has 0 unspecified atom stereocenters. The molecule has 4 heterocycles. The lowest BCUT2D eigenvalue weighted by molar-refractivity contribution is 0.0898. The zero-order chi connectivity index (χ0) is 17.9. The Kier molecular flexibility index (Phi) is 5.33. The lowest BCUT2D eigenvalue weighted by atomic mass is 10.1. The van der Waals surface area contributed by atoms with E-state index in [1.165, 1.54) is 8.66 Å². The van der Waals surface area contributed by atoms with Crippen LogP contribution in [-0.2, 0) is 13.6 Å². The molecule has 0 aliphatic carbocycles. The van der Waals surface area contributed by atoms with E-state index in [1.807, 2.05) is 13.2 Å². The number of ether oxygens (including phenoxy) is 1. The largest absolute Gasteiger partial charge is 0.460 e. The van der Waals surface area contributed by atoms with Gasteiger partial charge in [-0.15, -0.1) is 11.3 Å². The third kappa shape index (κ3) is 4.31. The Morgan fingerprint density at radius 1 is 1.15 bits per heavy atom. The van der Waals surface area contributed by atoms with Crippen molar-refractivity contribution >= 4 is 27.3 Å². The fraction of sp³-hybridized carbons (Fsp3) is 0.389. The van der Waals surface area contributed by atoms with Gasteiger partial charge in [0.25, 0.3) is 0 Å². The lowest BCUT2D eigenvalue weighted by Gasteiger charge is -2.31. The van der Waals surface area contributed by atoms with Crippen LogP contribution < -0.4 is 4.74 Å². The zero-order valence-electron chi connectivity index (χ0n) is 14.5. The Hall–Kier alpha value is -1.77. The maximum atomic E-state index is 5.98. The van der Waals surface area contributed by atoms with Gasteiger partial charge in [-0.1, -0.05) is 0 Å². The van der Waals surface area contributed by atoms with Crippen molar-refractivity contribution in [1.29, 1.82) is 0 Å². The predicted molar refractivity (Wildman–Crippen MR) is 105 cm³/mol. The monoisotopic (exact) mass is 433 g/mol. The number of aromatic nitrogens is 4. The number of aryl methyl sites for hydroxylation is 1. The maximum absolute atomic E-state index is 5.98. The van der Waals surface area contributed by atoms with E-state index >= 15 is 0 Å². The Bertz CT molecular complexity index is 855. The van der Waals surface area contributed by atoms with Gasteiger partial charge >= 0.3 is 6.01 Å². The molecule has 0 bridgehead atoms. The summed E-state index contributed by atoms with van der Waals surface area (Å²) in [6, 6.07) is 4.76. The first-order valence-electron chi connectivity index (χ1n) is 8.60. The third-order valence-electron chi connectivity index (χ3n) is 4.48. The number of rotatable bonds is 5. The Balaban J connectivity index is 1.29. The number of thiophene rings is 1. The molecular weight excluding hydrogens is 414 g/mol. The van der Waals surface area contributed by atoms with Crippen LogP contribution in [0.2, 0.25) is 0 Å². The van der Waals surface area contributed by atoms with Gasteiger partial charge in [-0.3, -0.25) is 9.58 Å². The first-order valence-corrected chi connectivity index (χ1v) is 10.2. The van der Waals surface area contributed by atoms with Crippen molar-refractivity contribution in [3.05, 3.63) is 45.6 Å². The molecule has 1 saturated heterocycles. The Morgan fingerprint density at radius 2 is 1.92 bits per heavy atom. The number of likely N-dealkylation sites (tertiary alicyclic amines) is 1. The molecule has 0 amide bonds. The highest BCUT2D eigenvalue weighted by Gasteiger charge is 2.21. The van der Waals surface area contributed by atoms with Gasteiger partial charge in [0.1, 0.15) is 6.10 Å². The van der Waals surface area contributed by atoms with Crippen LogP contribution in [0.5, 0.6) is 6.01 Å². The van der Waals surface area contributed by atoms with Crippen molar-refractivity contribution in [2.24, 2.45) is 7.05 Å². The quantitative estimate of drug-likeness (QED) is 0.613. The summed E-state index contributed by atoms with van der Waals surface area (Å²) in [4.78, 5) is 12.6. The van der Waals surface area contributed by atoms with E-state index in [1.54, 1.807) is 34.6 Å². The number of piperidine rings is 1. The zero-order valence-corrected chi connectivity index (χ0v) is 16.9. The topological polar surface area (TPSA) is 56.1 Å². The molecule has 4 rings (SSSR count). The number of halogens is 1. The average molecular weight is 434 g/mol. The van der Waals surface area contributed by atoms with Gasteiger partial charge in [0.15, 0.2) is 0 Å². The average Bonchev–Trinajstić information content (AvgIpc) is 3.26. The summed E-state index contributed by atoms with van der Waals surface area (Å²) in [6.07, 6.45) is 9.53. The summed E-state index contributed by atoms with van der Waals surface area (Å²) in [7, 11) is 1.89. The second-order valence-electron chi connectivity index (χ2n) is 6.46. The molecule has 1 fully saturated rings. The molecule has 3 aromatic heterocycles. The van der Waals surface area contributed by atoms with E-state index in [2.05, 4.69) is 48.0 Å². The van der Waals surface area contributed by atoms with Crippen LogP contribution in [0.1, 0.15) is 17.7 Å². The maximum Gasteiger partial charge on any atom is 0.316 e. The predicted octanol–water partition coefficient (Wildman–Crippen LogP) is 3.74. The molecule has 1 aliphatic rings. The molecule has 0 radical (unpaired) electrons. The molecule has 0 atom stereocenters. The van der Waals surface area contributed by atoms with E-state index in [-0.39, 0.29) is 6.10 Å². The first-order chi connectivity index (χ1) is 12.7. The second-order valence-corrected chi connectivity index (χ2v) is 9.00. The number of nitrogens with zero attached hydrogens (tertiary/aromatic N) is 5. The van der Waals surface area contributed by atoms with Gasteiger partial charge in [-0.05, 0) is 40.9 Å². The Morgan fingerprint density at radius 3 is 2.54 bits per heavy atom. The molecule has 0 saturated carbocycles. The fourth-order valence-electron chi connectivity index (χ4n) is 3.09. The van der Waals surface area contributed by atoms with Crippen LogP contribution in [0.15, 0.2) is 40.7 Å². The molecule has 0 spiro atoms. The minimum Gasteiger partial charge on any atom is -0.460 e. The van der Waals surface area contributed by atoms with E-state index in [4.69, 9.17) is 4.74 Å². The number of hydrogen-bond acceptors (Lipinski definition) is 6. The van der Waals surface area contributed by atoms with E-state index in [9.17, 15) is 0 Å². The molecule has 0 aromatic carbocycles. The fourth-order valence-corrected chi connectivity index (χ4v) is 4.61. The van der Waals surface area contributed by atoms with Gasteiger partial charge in [0, 0.05) is 61.3 Å². The standard InChI is InChI=1S/C18H20BrN5OS/c1-23-11-14(10-22-23)13-8-20-18(21-9-13)25-15-4-6-24(7-5-15)12-16-2-3-17(19)26-16/h2-3,8-11,15H,4-7,12H2,1H3. The summed E-state index contributed by atoms with van der Waals surface area (Å²) < 4.78 is 8.94. The van der Waals surface area contributed by atoms with Crippen LogP contribution in [0.4, 0.5) is 0 Å². The van der Waals surface area contributed by atoms with Crippen molar-refractivity contribution in [3.8, 4) is 17.1 Å². The van der Waals surface area contributed by atoms with Crippen LogP contribution in [0, 0.1) is 0 Å². The highest BCUT2D eigenvalue weighted by atomic mass is 79.9. The van der Waals surface area contributed by atoms with Crippen LogP contribution >= 0.6 is 27.3 Å².